The van der Waals surface area contributed by atoms with Crippen LogP contribution >= 0.6 is 23.2 Å². The summed E-state index contributed by atoms with van der Waals surface area (Å²) in [5.41, 5.74) is 0. The van der Waals surface area contributed by atoms with Crippen LogP contribution in [0.4, 0.5) is 0 Å². The van der Waals surface area contributed by atoms with Gasteiger partial charge in [0, 0.05) is 23.1 Å². The van der Waals surface area contributed by atoms with Crippen LogP contribution < -0.4 is 0 Å². The molecule has 25 heavy (non-hydrogen) atoms. The first kappa shape index (κ1) is 18.6. The summed E-state index contributed by atoms with van der Waals surface area (Å²) in [5.74, 6) is 0. The highest BCUT2D eigenvalue weighted by Crippen LogP contribution is 2.25. The predicted molar refractivity (Wildman–Crippen MR) is 95.6 cm³/mol. The summed E-state index contributed by atoms with van der Waals surface area (Å²) in [6.45, 7) is -0.0779. The van der Waals surface area contributed by atoms with Crippen molar-refractivity contribution < 1.29 is 16.8 Å². The highest BCUT2D eigenvalue weighted by Gasteiger charge is 2.37. The van der Waals surface area contributed by atoms with Crippen molar-refractivity contribution in [1.82, 2.24) is 8.61 Å². The van der Waals surface area contributed by atoms with Gasteiger partial charge in [0.05, 0.1) is 16.5 Å². The average Bonchev–Trinajstić information content (AvgIpc) is 3.07. The molecular formula is C15H14Cl2N2O4S2. The van der Waals surface area contributed by atoms with Crippen LogP contribution in [0.1, 0.15) is 0 Å². The number of halogens is 2. The van der Waals surface area contributed by atoms with Gasteiger partial charge in [-0.3, -0.25) is 0 Å². The van der Waals surface area contributed by atoms with Crippen molar-refractivity contribution >= 4 is 43.2 Å². The molecule has 0 radical (unpaired) electrons. The lowest BCUT2D eigenvalue weighted by molar-refractivity contribution is 0.414. The van der Waals surface area contributed by atoms with Gasteiger partial charge in [0.2, 0.25) is 20.0 Å². The van der Waals surface area contributed by atoms with Crippen molar-refractivity contribution in [3.8, 4) is 0 Å². The van der Waals surface area contributed by atoms with Gasteiger partial charge in [-0.2, -0.15) is 8.61 Å². The molecule has 1 saturated heterocycles. The van der Waals surface area contributed by atoms with Crippen molar-refractivity contribution in [3.05, 3.63) is 58.6 Å². The molecule has 0 unspecified atom stereocenters. The number of sulfonamides is 2. The van der Waals surface area contributed by atoms with Gasteiger partial charge in [0.1, 0.15) is 0 Å². The molecule has 0 saturated carbocycles. The van der Waals surface area contributed by atoms with Gasteiger partial charge in [0.25, 0.3) is 0 Å². The fourth-order valence-corrected chi connectivity index (χ4v) is 5.55. The van der Waals surface area contributed by atoms with E-state index in [-0.39, 0.29) is 29.5 Å². The first-order valence-electron chi connectivity index (χ1n) is 7.23. The quantitative estimate of drug-likeness (QED) is 0.761. The minimum Gasteiger partial charge on any atom is -0.207 e. The maximum atomic E-state index is 12.6. The maximum absolute atomic E-state index is 12.6. The number of benzene rings is 2. The zero-order valence-corrected chi connectivity index (χ0v) is 16.0. The number of rotatable bonds is 4. The summed E-state index contributed by atoms with van der Waals surface area (Å²) in [4.78, 5) is 0.144. The van der Waals surface area contributed by atoms with E-state index in [0.717, 1.165) is 8.61 Å². The van der Waals surface area contributed by atoms with Gasteiger partial charge in [0.15, 0.2) is 0 Å². The molecule has 1 aliphatic rings. The minimum atomic E-state index is -3.79. The SMILES string of the molecule is O=S(=O)(c1ccc(Cl)cc1)N1CCN(S(=O)(=O)c2ccc(Cl)cc2)C1. The minimum absolute atomic E-state index is 0.0719. The van der Waals surface area contributed by atoms with Crippen molar-refractivity contribution in [1.29, 1.82) is 0 Å². The van der Waals surface area contributed by atoms with E-state index >= 15 is 0 Å². The van der Waals surface area contributed by atoms with Crippen LogP contribution in [0.25, 0.3) is 0 Å². The van der Waals surface area contributed by atoms with Gasteiger partial charge < -0.3 is 0 Å². The second-order valence-electron chi connectivity index (χ2n) is 5.41. The lowest BCUT2D eigenvalue weighted by Gasteiger charge is -2.18. The second kappa shape index (κ2) is 6.86. The molecule has 3 rings (SSSR count). The van der Waals surface area contributed by atoms with Crippen LogP contribution in [0.5, 0.6) is 0 Å². The Morgan fingerprint density at radius 3 is 1.28 bits per heavy atom. The lowest BCUT2D eigenvalue weighted by atomic mass is 10.4. The van der Waals surface area contributed by atoms with Crippen molar-refractivity contribution in [2.45, 2.75) is 9.79 Å². The third-order valence-electron chi connectivity index (χ3n) is 3.82. The Morgan fingerprint density at radius 2 is 0.960 bits per heavy atom. The standard InChI is InChI=1S/C15H14Cl2N2O4S2/c16-12-1-5-14(6-2-12)24(20,21)18-9-10-19(11-18)25(22,23)15-7-3-13(17)4-8-15/h1-8H,9-11H2. The molecule has 6 nitrogen and oxygen atoms in total. The first-order chi connectivity index (χ1) is 11.7. The molecule has 134 valence electrons. The molecule has 0 N–H and O–H groups in total. The summed E-state index contributed by atoms with van der Waals surface area (Å²) in [5, 5.41) is 0.847. The highest BCUT2D eigenvalue weighted by atomic mass is 35.5. The average molecular weight is 421 g/mol. The van der Waals surface area contributed by atoms with E-state index in [1.807, 2.05) is 0 Å². The molecule has 2 aromatic rings. The van der Waals surface area contributed by atoms with Crippen LogP contribution in [0.3, 0.4) is 0 Å². The fourth-order valence-electron chi connectivity index (χ4n) is 2.44. The van der Waals surface area contributed by atoms with Crippen LogP contribution in [-0.2, 0) is 20.0 Å². The van der Waals surface area contributed by atoms with E-state index in [0.29, 0.717) is 10.0 Å². The normalized spacial score (nSPS) is 17.0. The third kappa shape index (κ3) is 3.69. The Morgan fingerprint density at radius 1 is 0.640 bits per heavy atom. The largest absolute Gasteiger partial charge is 0.244 e. The molecule has 2 aromatic carbocycles. The zero-order valence-electron chi connectivity index (χ0n) is 12.8. The number of hydrogen-bond acceptors (Lipinski definition) is 4. The number of nitrogens with zero attached hydrogens (tertiary/aromatic N) is 2. The van der Waals surface area contributed by atoms with Gasteiger partial charge in [-0.05, 0) is 48.5 Å². The third-order valence-corrected chi connectivity index (χ3v) is 8.01. The molecular weight excluding hydrogens is 407 g/mol. The molecule has 1 heterocycles. The molecule has 0 spiro atoms. The first-order valence-corrected chi connectivity index (χ1v) is 10.9. The van der Waals surface area contributed by atoms with Gasteiger partial charge in [-0.25, -0.2) is 16.8 Å². The predicted octanol–water partition coefficient (Wildman–Crippen LogP) is 2.65. The Hall–Kier alpha value is -1.16. The van der Waals surface area contributed by atoms with Gasteiger partial charge >= 0.3 is 0 Å². The topological polar surface area (TPSA) is 74.8 Å². The smallest absolute Gasteiger partial charge is 0.207 e. The van der Waals surface area contributed by atoms with Crippen LogP contribution in [-0.4, -0.2) is 45.2 Å². The van der Waals surface area contributed by atoms with Crippen molar-refractivity contribution in [2.24, 2.45) is 0 Å². The van der Waals surface area contributed by atoms with Crippen LogP contribution in [0.2, 0.25) is 10.0 Å². The maximum Gasteiger partial charge on any atom is 0.244 e. The van der Waals surface area contributed by atoms with E-state index in [1.54, 1.807) is 0 Å². The van der Waals surface area contributed by atoms with Crippen LogP contribution in [0, 0.1) is 0 Å². The summed E-state index contributed by atoms with van der Waals surface area (Å²) in [6, 6.07) is 11.5. The molecule has 1 fully saturated rings. The summed E-state index contributed by atoms with van der Waals surface area (Å²) < 4.78 is 52.8. The van der Waals surface area contributed by atoms with E-state index in [9.17, 15) is 16.8 Å². The van der Waals surface area contributed by atoms with Gasteiger partial charge in [-0.1, -0.05) is 23.2 Å². The van der Waals surface area contributed by atoms with E-state index < -0.39 is 20.0 Å². The Labute approximate surface area is 156 Å². The van der Waals surface area contributed by atoms with Crippen molar-refractivity contribution in [3.63, 3.8) is 0 Å². The number of hydrogen-bond donors (Lipinski definition) is 0. The molecule has 0 amide bonds. The van der Waals surface area contributed by atoms with Crippen molar-refractivity contribution in [2.75, 3.05) is 19.8 Å². The zero-order chi connectivity index (χ0) is 18.2. The molecule has 10 heteroatoms. The van der Waals surface area contributed by atoms with E-state index in [4.69, 9.17) is 23.2 Å². The summed E-state index contributed by atoms with van der Waals surface area (Å²) in [6.07, 6.45) is 0. The van der Waals surface area contributed by atoms with E-state index in [1.165, 1.54) is 48.5 Å². The van der Waals surface area contributed by atoms with Crippen LogP contribution in [0.15, 0.2) is 58.3 Å². The summed E-state index contributed by atoms with van der Waals surface area (Å²) in [7, 11) is -7.58. The summed E-state index contributed by atoms with van der Waals surface area (Å²) >= 11 is 11.6. The van der Waals surface area contributed by atoms with Gasteiger partial charge in [-0.15, -0.1) is 0 Å². The Kier molecular flexibility index (Phi) is 5.11. The molecule has 0 bridgehead atoms. The lowest BCUT2D eigenvalue weighted by Crippen LogP contribution is -2.34. The molecule has 1 aliphatic heterocycles. The monoisotopic (exact) mass is 420 g/mol. The Bertz CT molecular complexity index is 894. The Balaban J connectivity index is 1.83. The highest BCUT2D eigenvalue weighted by molar-refractivity contribution is 7.90. The molecule has 0 atom stereocenters. The van der Waals surface area contributed by atoms with E-state index in [2.05, 4.69) is 0 Å². The molecule has 0 aliphatic carbocycles. The molecule has 0 aromatic heterocycles. The second-order valence-corrected chi connectivity index (χ2v) is 10.2. The fraction of sp³-hybridized carbons (Fsp3) is 0.200.